The summed E-state index contributed by atoms with van der Waals surface area (Å²) in [6.45, 7) is 4.81. The number of piperidine rings is 2. The first-order valence-corrected chi connectivity index (χ1v) is 12.1. The molecular weight excluding hydrogens is 404 g/mol. The molecule has 7 heteroatoms. The normalized spacial score (nSPS) is 20.8. The number of hydrogen-bond donors (Lipinski definition) is 1. The number of methoxy groups -OCH3 is 1. The van der Waals surface area contributed by atoms with Crippen molar-refractivity contribution in [3.8, 4) is 5.75 Å². The SMILES string of the molecule is COc1ccc2[nH]cc(C3CCN(C(=O)C4CCN(C(=O)N5CCCC5)CC4)CC3)c2c1. The molecule has 7 nitrogen and oxygen atoms in total. The lowest BCUT2D eigenvalue weighted by Crippen LogP contribution is -2.49. The van der Waals surface area contributed by atoms with Gasteiger partial charge in [-0.25, -0.2) is 4.79 Å². The van der Waals surface area contributed by atoms with E-state index in [1.807, 2.05) is 15.9 Å². The number of amides is 3. The highest BCUT2D eigenvalue weighted by molar-refractivity contribution is 5.85. The first-order valence-electron chi connectivity index (χ1n) is 12.1. The average Bonchev–Trinajstić information content (AvgIpc) is 3.53. The number of urea groups is 1. The fourth-order valence-corrected chi connectivity index (χ4v) is 5.68. The van der Waals surface area contributed by atoms with E-state index in [1.54, 1.807) is 7.11 Å². The third-order valence-corrected chi connectivity index (χ3v) is 7.66. The van der Waals surface area contributed by atoms with Crippen molar-refractivity contribution >= 4 is 22.8 Å². The molecule has 1 N–H and O–H groups in total. The standard InChI is InChI=1S/C25H34N4O3/c1-32-20-4-5-23-21(16-20)22(17-26-23)18-6-12-27(13-7-18)24(30)19-8-14-29(15-9-19)25(31)28-10-2-3-11-28/h4-5,16-19,26H,2-3,6-15H2,1H3. The number of aromatic nitrogens is 1. The maximum atomic E-state index is 13.2. The minimum absolute atomic E-state index is 0.0616. The molecule has 3 aliphatic rings. The van der Waals surface area contributed by atoms with Gasteiger partial charge in [-0.2, -0.15) is 0 Å². The summed E-state index contributed by atoms with van der Waals surface area (Å²) < 4.78 is 5.41. The molecule has 3 amide bonds. The summed E-state index contributed by atoms with van der Waals surface area (Å²) in [5, 5.41) is 1.23. The summed E-state index contributed by atoms with van der Waals surface area (Å²) >= 11 is 0. The zero-order valence-corrected chi connectivity index (χ0v) is 19.0. The van der Waals surface area contributed by atoms with E-state index in [4.69, 9.17) is 4.74 Å². The van der Waals surface area contributed by atoms with E-state index in [-0.39, 0.29) is 17.9 Å². The number of likely N-dealkylation sites (tertiary alicyclic amines) is 3. The van der Waals surface area contributed by atoms with E-state index in [2.05, 4.69) is 28.2 Å². The molecule has 3 saturated heterocycles. The molecule has 0 atom stereocenters. The van der Waals surface area contributed by atoms with Crippen LogP contribution < -0.4 is 4.74 Å². The molecule has 1 aromatic carbocycles. The van der Waals surface area contributed by atoms with Crippen LogP contribution in [0.25, 0.3) is 10.9 Å². The molecule has 1 aromatic heterocycles. The monoisotopic (exact) mass is 438 g/mol. The van der Waals surface area contributed by atoms with Gasteiger partial charge in [0.05, 0.1) is 7.11 Å². The Kier molecular flexibility index (Phi) is 5.98. The molecule has 0 radical (unpaired) electrons. The Morgan fingerprint density at radius 2 is 1.56 bits per heavy atom. The molecule has 0 saturated carbocycles. The maximum Gasteiger partial charge on any atom is 0.319 e. The summed E-state index contributed by atoms with van der Waals surface area (Å²) in [4.78, 5) is 35.1. The molecule has 3 aliphatic heterocycles. The van der Waals surface area contributed by atoms with Gasteiger partial charge in [-0.3, -0.25) is 4.79 Å². The van der Waals surface area contributed by atoms with Crippen molar-refractivity contribution < 1.29 is 14.3 Å². The first-order chi connectivity index (χ1) is 15.6. The predicted molar refractivity (Wildman–Crippen MR) is 124 cm³/mol. The number of hydrogen-bond acceptors (Lipinski definition) is 3. The molecule has 2 aromatic rings. The van der Waals surface area contributed by atoms with Gasteiger partial charge in [0.15, 0.2) is 0 Å². The number of nitrogens with zero attached hydrogens (tertiary/aromatic N) is 3. The molecule has 3 fully saturated rings. The van der Waals surface area contributed by atoms with E-state index in [0.29, 0.717) is 19.0 Å². The van der Waals surface area contributed by atoms with Crippen LogP contribution >= 0.6 is 0 Å². The lowest BCUT2D eigenvalue weighted by atomic mass is 9.88. The summed E-state index contributed by atoms with van der Waals surface area (Å²) in [6.07, 6.45) is 7.91. The Labute approximate surface area is 189 Å². The van der Waals surface area contributed by atoms with Crippen molar-refractivity contribution in [2.45, 2.75) is 44.4 Å². The van der Waals surface area contributed by atoms with Gasteiger partial charge >= 0.3 is 6.03 Å². The van der Waals surface area contributed by atoms with Crippen LogP contribution in [0.3, 0.4) is 0 Å². The zero-order chi connectivity index (χ0) is 22.1. The average molecular weight is 439 g/mol. The fourth-order valence-electron chi connectivity index (χ4n) is 5.68. The second kappa shape index (κ2) is 9.04. The van der Waals surface area contributed by atoms with Gasteiger partial charge in [0, 0.05) is 62.3 Å². The summed E-state index contributed by atoms with van der Waals surface area (Å²) in [5.41, 5.74) is 2.47. The van der Waals surface area contributed by atoms with Gasteiger partial charge in [-0.1, -0.05) is 0 Å². The van der Waals surface area contributed by atoms with E-state index >= 15 is 0 Å². The number of carbonyl (C=O) groups is 2. The quantitative estimate of drug-likeness (QED) is 0.792. The number of rotatable bonds is 3. The minimum Gasteiger partial charge on any atom is -0.497 e. The maximum absolute atomic E-state index is 13.2. The Morgan fingerprint density at radius 1 is 0.906 bits per heavy atom. The lowest BCUT2D eigenvalue weighted by molar-refractivity contribution is -0.138. The van der Waals surface area contributed by atoms with Gasteiger partial charge in [0.1, 0.15) is 5.75 Å². The van der Waals surface area contributed by atoms with Gasteiger partial charge in [0.25, 0.3) is 0 Å². The molecule has 172 valence electrons. The molecule has 32 heavy (non-hydrogen) atoms. The molecule has 5 rings (SSSR count). The van der Waals surface area contributed by atoms with E-state index in [0.717, 1.165) is 76.0 Å². The molecule has 4 heterocycles. The topological polar surface area (TPSA) is 68.9 Å². The predicted octanol–water partition coefficient (Wildman–Crippen LogP) is 3.81. The van der Waals surface area contributed by atoms with Crippen LogP contribution in [0, 0.1) is 5.92 Å². The van der Waals surface area contributed by atoms with E-state index in [9.17, 15) is 9.59 Å². The molecule has 0 bridgehead atoms. The lowest BCUT2D eigenvalue weighted by Gasteiger charge is -2.38. The van der Waals surface area contributed by atoms with Crippen molar-refractivity contribution in [2.75, 3.05) is 46.4 Å². The number of carbonyl (C=O) groups excluding carboxylic acids is 2. The molecule has 0 spiro atoms. The zero-order valence-electron chi connectivity index (χ0n) is 19.0. The van der Waals surface area contributed by atoms with Crippen LogP contribution in [0.4, 0.5) is 4.79 Å². The van der Waals surface area contributed by atoms with Crippen molar-refractivity contribution in [2.24, 2.45) is 5.92 Å². The van der Waals surface area contributed by atoms with E-state index in [1.165, 1.54) is 10.9 Å². The van der Waals surface area contributed by atoms with Crippen LogP contribution in [-0.4, -0.2) is 78.0 Å². The molecule has 0 unspecified atom stereocenters. The Balaban J connectivity index is 1.15. The number of aromatic amines is 1. The van der Waals surface area contributed by atoms with Gasteiger partial charge in [0.2, 0.25) is 5.91 Å². The van der Waals surface area contributed by atoms with Crippen LogP contribution in [0.1, 0.15) is 50.0 Å². The van der Waals surface area contributed by atoms with Crippen molar-refractivity contribution in [3.05, 3.63) is 30.0 Å². The van der Waals surface area contributed by atoms with E-state index < -0.39 is 0 Å². The summed E-state index contributed by atoms with van der Waals surface area (Å²) in [7, 11) is 1.70. The third-order valence-electron chi connectivity index (χ3n) is 7.66. The smallest absolute Gasteiger partial charge is 0.319 e. The van der Waals surface area contributed by atoms with Crippen LogP contribution in [0.5, 0.6) is 5.75 Å². The number of nitrogens with one attached hydrogen (secondary N) is 1. The highest BCUT2D eigenvalue weighted by Gasteiger charge is 2.34. The van der Waals surface area contributed by atoms with Crippen LogP contribution in [0.15, 0.2) is 24.4 Å². The Bertz CT molecular complexity index is 965. The van der Waals surface area contributed by atoms with Crippen molar-refractivity contribution in [3.63, 3.8) is 0 Å². The van der Waals surface area contributed by atoms with Gasteiger partial charge < -0.3 is 24.4 Å². The first kappa shape index (κ1) is 21.2. The number of fused-ring (bicyclic) bond motifs is 1. The highest BCUT2D eigenvalue weighted by atomic mass is 16.5. The number of benzene rings is 1. The highest BCUT2D eigenvalue weighted by Crippen LogP contribution is 2.35. The number of ether oxygens (including phenoxy) is 1. The van der Waals surface area contributed by atoms with Crippen molar-refractivity contribution in [1.82, 2.24) is 19.7 Å². The van der Waals surface area contributed by atoms with Crippen LogP contribution in [0.2, 0.25) is 0 Å². The fraction of sp³-hybridized carbons (Fsp3) is 0.600. The summed E-state index contributed by atoms with van der Waals surface area (Å²) in [5.74, 6) is 1.68. The molecular formula is C25H34N4O3. The van der Waals surface area contributed by atoms with Gasteiger partial charge in [-0.05, 0) is 68.2 Å². The second-order valence-electron chi connectivity index (χ2n) is 9.49. The third kappa shape index (κ3) is 4.05. The minimum atomic E-state index is 0.0616. The number of H-pyrrole nitrogens is 1. The van der Waals surface area contributed by atoms with Gasteiger partial charge in [-0.15, -0.1) is 0 Å². The molecule has 0 aliphatic carbocycles. The Hall–Kier alpha value is -2.70. The Morgan fingerprint density at radius 3 is 2.25 bits per heavy atom. The summed E-state index contributed by atoms with van der Waals surface area (Å²) in [6, 6.07) is 6.32. The largest absolute Gasteiger partial charge is 0.497 e. The van der Waals surface area contributed by atoms with Crippen molar-refractivity contribution in [1.29, 1.82) is 0 Å². The second-order valence-corrected chi connectivity index (χ2v) is 9.49. The van der Waals surface area contributed by atoms with Crippen LogP contribution in [-0.2, 0) is 4.79 Å².